The monoisotopic (exact) mass is 762 g/mol. The maximum Gasteiger partial charge on any atom is 0.416 e. The summed E-state index contributed by atoms with van der Waals surface area (Å²) in [7, 11) is 0.311. The van der Waals surface area contributed by atoms with Gasteiger partial charge in [-0.25, -0.2) is 27.1 Å². The number of aromatic nitrogens is 2. The van der Waals surface area contributed by atoms with Crippen LogP contribution in [0.5, 0.6) is 11.5 Å². The van der Waals surface area contributed by atoms with Gasteiger partial charge in [0, 0.05) is 55.1 Å². The summed E-state index contributed by atoms with van der Waals surface area (Å²) >= 11 is 6.73. The number of rotatable bonds is 12. The predicted octanol–water partition coefficient (Wildman–Crippen LogP) is 6.72. The molecule has 2 aliphatic rings. The topological polar surface area (TPSA) is 109 Å². The Labute approximate surface area is 305 Å². The number of nitrogens with one attached hydrogen (secondary N) is 2. The molecule has 0 spiro atoms. The van der Waals surface area contributed by atoms with E-state index in [2.05, 4.69) is 25.5 Å². The number of hydrogen-bond acceptors (Lipinski definition) is 9. The minimum atomic E-state index is -4.61. The van der Waals surface area contributed by atoms with Gasteiger partial charge < -0.3 is 20.1 Å². The molecule has 1 aromatic heterocycles. The first-order chi connectivity index (χ1) is 24.8. The molecule has 2 heterocycles. The first-order valence-corrected chi connectivity index (χ1v) is 18.5. The van der Waals surface area contributed by atoms with Gasteiger partial charge in [0.05, 0.1) is 37.0 Å². The molecule has 1 saturated heterocycles. The van der Waals surface area contributed by atoms with E-state index in [9.17, 15) is 21.6 Å². The predicted molar refractivity (Wildman–Crippen MR) is 190 cm³/mol. The second kappa shape index (κ2) is 15.4. The molecule has 0 bridgehead atoms. The molecule has 3 aromatic carbocycles. The molecule has 2 fully saturated rings. The summed E-state index contributed by atoms with van der Waals surface area (Å²) in [6.07, 6.45) is -0.185. The van der Waals surface area contributed by atoms with Crippen molar-refractivity contribution in [2.24, 2.45) is 0 Å². The fraction of sp³-hybridized carbons (Fsp3) is 0.389. The summed E-state index contributed by atoms with van der Waals surface area (Å²) in [5.41, 5.74) is 0.610. The van der Waals surface area contributed by atoms with Crippen LogP contribution in [0, 0.1) is 5.82 Å². The summed E-state index contributed by atoms with van der Waals surface area (Å²) in [6, 6.07) is 13.7. The molecule has 10 nitrogen and oxygen atoms in total. The zero-order valence-electron chi connectivity index (χ0n) is 28.7. The Morgan fingerprint density at radius 3 is 2.48 bits per heavy atom. The van der Waals surface area contributed by atoms with Gasteiger partial charge in [0.1, 0.15) is 34.4 Å². The van der Waals surface area contributed by atoms with E-state index in [-0.39, 0.29) is 47.1 Å². The highest BCUT2D eigenvalue weighted by Gasteiger charge is 2.39. The minimum Gasteiger partial charge on any atom is -0.497 e. The maximum atomic E-state index is 16.1. The van der Waals surface area contributed by atoms with Gasteiger partial charge in [-0.15, -0.1) is 0 Å². The molecule has 0 amide bonds. The van der Waals surface area contributed by atoms with Crippen molar-refractivity contribution >= 4 is 33.1 Å². The molecule has 52 heavy (non-hydrogen) atoms. The van der Waals surface area contributed by atoms with Crippen LogP contribution in [0.1, 0.15) is 41.9 Å². The number of halogens is 5. The van der Waals surface area contributed by atoms with Crippen LogP contribution < -0.4 is 24.4 Å². The molecule has 1 aliphatic heterocycles. The molecule has 0 radical (unpaired) electrons. The molecular weight excluding hydrogens is 724 g/mol. The molecule has 6 rings (SSSR count). The third kappa shape index (κ3) is 7.92. The molecule has 278 valence electrons. The zero-order chi connectivity index (χ0) is 37.2. The van der Waals surface area contributed by atoms with E-state index in [0.717, 1.165) is 35.6 Å². The molecule has 4 aromatic rings. The Morgan fingerprint density at radius 1 is 1.04 bits per heavy atom. The lowest BCUT2D eigenvalue weighted by atomic mass is 9.77. The van der Waals surface area contributed by atoms with E-state index < -0.39 is 32.5 Å². The van der Waals surface area contributed by atoms with E-state index in [1.165, 1.54) is 44.9 Å². The fourth-order valence-electron chi connectivity index (χ4n) is 6.88. The lowest BCUT2D eigenvalue weighted by Gasteiger charge is -2.47. The highest BCUT2D eigenvalue weighted by atomic mass is 35.5. The van der Waals surface area contributed by atoms with Crippen LogP contribution in [-0.2, 0) is 22.7 Å². The SMILES string of the molecule is COc1ccc(CN(c2ccncn2)S(=O)(=O)c2cc(Cl)c(N[C@H]3CC[C@H](c4cccc(C(F)(F)F)c4)C[C@@H]3N(C)C3CNC3)cc2F)c(OC)c1. The van der Waals surface area contributed by atoms with Crippen LogP contribution in [0.3, 0.4) is 0 Å². The second-order valence-electron chi connectivity index (χ2n) is 12.9. The van der Waals surface area contributed by atoms with Crippen molar-refractivity contribution in [1.82, 2.24) is 20.2 Å². The van der Waals surface area contributed by atoms with E-state index in [0.29, 0.717) is 41.9 Å². The third-order valence-electron chi connectivity index (χ3n) is 9.92. The summed E-state index contributed by atoms with van der Waals surface area (Å²) in [5, 5.41) is 6.61. The summed E-state index contributed by atoms with van der Waals surface area (Å²) in [5.74, 6) is -0.304. The zero-order valence-corrected chi connectivity index (χ0v) is 30.3. The number of hydrogen-bond donors (Lipinski definition) is 2. The third-order valence-corrected chi connectivity index (χ3v) is 12.0. The summed E-state index contributed by atoms with van der Waals surface area (Å²) < 4.78 is 96.9. The Kier molecular flexibility index (Phi) is 11.1. The Hall–Kier alpha value is -4.18. The van der Waals surface area contributed by atoms with E-state index in [1.807, 2.05) is 7.05 Å². The normalized spacial score (nSPS) is 19.6. The number of methoxy groups -OCH3 is 2. The van der Waals surface area contributed by atoms with Crippen LogP contribution in [-0.4, -0.2) is 75.8 Å². The maximum absolute atomic E-state index is 16.1. The number of ether oxygens (including phenoxy) is 2. The van der Waals surface area contributed by atoms with Crippen LogP contribution >= 0.6 is 11.6 Å². The number of sulfonamides is 1. The Bertz CT molecular complexity index is 1990. The Balaban J connectivity index is 1.29. The smallest absolute Gasteiger partial charge is 0.416 e. The quantitative estimate of drug-likeness (QED) is 0.152. The average molecular weight is 763 g/mol. The average Bonchev–Trinajstić information content (AvgIpc) is 3.11. The van der Waals surface area contributed by atoms with Gasteiger partial charge in [-0.2, -0.15) is 13.2 Å². The highest BCUT2D eigenvalue weighted by molar-refractivity contribution is 7.92. The molecular formula is C36H39ClF4N6O4S. The van der Waals surface area contributed by atoms with Crippen molar-refractivity contribution in [3.05, 3.63) is 101 Å². The van der Waals surface area contributed by atoms with Crippen molar-refractivity contribution < 1.29 is 35.5 Å². The number of benzene rings is 3. The van der Waals surface area contributed by atoms with Crippen molar-refractivity contribution in [2.45, 2.75) is 60.9 Å². The van der Waals surface area contributed by atoms with Gasteiger partial charge in [0.15, 0.2) is 0 Å². The molecule has 3 atom stereocenters. The van der Waals surface area contributed by atoms with Gasteiger partial charge in [0.2, 0.25) is 0 Å². The number of likely N-dealkylation sites (N-methyl/N-ethyl adjacent to an activating group) is 1. The second-order valence-corrected chi connectivity index (χ2v) is 15.2. The van der Waals surface area contributed by atoms with E-state index >= 15 is 4.39 Å². The van der Waals surface area contributed by atoms with Gasteiger partial charge >= 0.3 is 6.18 Å². The van der Waals surface area contributed by atoms with Crippen LogP contribution in [0.4, 0.5) is 29.1 Å². The Morgan fingerprint density at radius 2 is 1.83 bits per heavy atom. The number of alkyl halides is 3. The van der Waals surface area contributed by atoms with E-state index in [4.69, 9.17) is 21.1 Å². The van der Waals surface area contributed by atoms with Gasteiger partial charge in [-0.1, -0.05) is 29.8 Å². The minimum absolute atomic E-state index is 0.000474. The number of anilines is 2. The summed E-state index contributed by atoms with van der Waals surface area (Å²) in [6.45, 7) is 1.27. The van der Waals surface area contributed by atoms with Gasteiger partial charge in [0.25, 0.3) is 10.0 Å². The first kappa shape index (κ1) is 37.6. The fourth-order valence-corrected chi connectivity index (χ4v) is 8.64. The molecule has 2 N–H and O–H groups in total. The highest BCUT2D eigenvalue weighted by Crippen LogP contribution is 2.41. The van der Waals surface area contributed by atoms with Crippen LogP contribution in [0.25, 0.3) is 0 Å². The van der Waals surface area contributed by atoms with Gasteiger partial charge in [-0.3, -0.25) is 4.90 Å². The van der Waals surface area contributed by atoms with Crippen molar-refractivity contribution in [2.75, 3.05) is 44.0 Å². The van der Waals surface area contributed by atoms with Crippen molar-refractivity contribution in [3.8, 4) is 11.5 Å². The first-order valence-electron chi connectivity index (χ1n) is 16.6. The largest absolute Gasteiger partial charge is 0.497 e. The molecule has 1 saturated carbocycles. The van der Waals surface area contributed by atoms with Crippen molar-refractivity contribution in [1.29, 1.82) is 0 Å². The van der Waals surface area contributed by atoms with E-state index in [1.54, 1.807) is 24.3 Å². The molecule has 0 unspecified atom stereocenters. The lowest BCUT2D eigenvalue weighted by molar-refractivity contribution is -0.137. The van der Waals surface area contributed by atoms with Crippen LogP contribution in [0.15, 0.2) is 78.1 Å². The molecule has 16 heteroatoms. The lowest BCUT2D eigenvalue weighted by Crippen LogP contribution is -2.62. The van der Waals surface area contributed by atoms with Gasteiger partial charge in [-0.05, 0) is 68.1 Å². The summed E-state index contributed by atoms with van der Waals surface area (Å²) in [4.78, 5) is 9.58. The number of nitrogens with zero attached hydrogens (tertiary/aromatic N) is 4. The van der Waals surface area contributed by atoms with Crippen molar-refractivity contribution in [3.63, 3.8) is 0 Å². The molecule has 1 aliphatic carbocycles. The van der Waals surface area contributed by atoms with Crippen LogP contribution in [0.2, 0.25) is 5.02 Å². The standard InChI is InChI=1S/C36H39ClF4N6O4S/c1-46(26-18-43-19-26)32-14-23(22-5-4-6-25(13-22)36(39,40)41)8-10-30(32)45-31-17-29(38)34(16-28(31)37)52(48,49)47(35-11-12-42-21-44-35)20-24-7-9-27(50-2)15-33(24)51-3/h4-7,9,11-13,15-17,21,23,26,30,32,43,45H,8,10,14,18-20H2,1-3H3/t23-,30-,32-/m0/s1.